The Hall–Kier alpha value is -1.55. The quantitative estimate of drug-likeness (QED) is 0.901. The molecule has 0 aromatic heterocycles. The summed E-state index contributed by atoms with van der Waals surface area (Å²) in [5.41, 5.74) is 0.895. The molecular weight excluding hydrogens is 240 g/mol. The second kappa shape index (κ2) is 4.85. The molecule has 0 radical (unpaired) electrons. The van der Waals surface area contributed by atoms with Crippen molar-refractivity contribution < 1.29 is 9.53 Å². The lowest BCUT2D eigenvalue weighted by Gasteiger charge is -2.26. The Balaban J connectivity index is 1.75. The summed E-state index contributed by atoms with van der Waals surface area (Å²) in [5, 5.41) is 3.52. The number of anilines is 1. The lowest BCUT2D eigenvalue weighted by molar-refractivity contribution is -0.122. The topological polar surface area (TPSA) is 41.6 Å². The van der Waals surface area contributed by atoms with Gasteiger partial charge in [-0.1, -0.05) is 6.07 Å². The molecule has 0 spiro atoms. The molecule has 1 aromatic rings. The second-order valence-corrected chi connectivity index (χ2v) is 5.49. The monoisotopic (exact) mass is 260 g/mol. The lowest BCUT2D eigenvalue weighted by Crippen LogP contribution is -2.38. The number of hydrogen-bond donors (Lipinski definition) is 1. The van der Waals surface area contributed by atoms with Gasteiger partial charge in [-0.2, -0.15) is 0 Å². The fourth-order valence-corrected chi connectivity index (χ4v) is 3.29. The summed E-state index contributed by atoms with van der Waals surface area (Å²) in [6, 6.07) is 8.58. The molecular formula is C15H20N2O2. The van der Waals surface area contributed by atoms with Crippen molar-refractivity contribution in [2.24, 2.45) is 5.92 Å². The molecule has 0 saturated carbocycles. The molecule has 1 aromatic carbocycles. The third kappa shape index (κ3) is 2.21. The van der Waals surface area contributed by atoms with Gasteiger partial charge in [0.15, 0.2) is 0 Å². The van der Waals surface area contributed by atoms with Gasteiger partial charge in [-0.05, 0) is 31.4 Å². The smallest absolute Gasteiger partial charge is 0.231 e. The number of nitrogens with zero attached hydrogens (tertiary/aromatic N) is 1. The van der Waals surface area contributed by atoms with Crippen LogP contribution in [0.5, 0.6) is 5.75 Å². The van der Waals surface area contributed by atoms with Gasteiger partial charge in [-0.3, -0.25) is 4.79 Å². The first kappa shape index (κ1) is 12.5. The third-order valence-electron chi connectivity index (χ3n) is 4.39. The maximum absolute atomic E-state index is 12.6. The van der Waals surface area contributed by atoms with Crippen molar-refractivity contribution in [1.29, 1.82) is 0 Å². The Kier molecular flexibility index (Phi) is 3.19. The number of carbonyl (C=O) groups is 1. The van der Waals surface area contributed by atoms with E-state index >= 15 is 0 Å². The van der Waals surface area contributed by atoms with Gasteiger partial charge >= 0.3 is 0 Å². The highest BCUT2D eigenvalue weighted by Crippen LogP contribution is 2.35. The molecule has 2 heterocycles. The van der Waals surface area contributed by atoms with Gasteiger partial charge < -0.3 is 15.0 Å². The van der Waals surface area contributed by atoms with Crippen molar-refractivity contribution in [2.75, 3.05) is 19.1 Å². The maximum Gasteiger partial charge on any atom is 0.231 e. The van der Waals surface area contributed by atoms with E-state index in [0.29, 0.717) is 12.1 Å². The first-order valence-electron chi connectivity index (χ1n) is 6.86. The van der Waals surface area contributed by atoms with Gasteiger partial charge in [-0.15, -0.1) is 0 Å². The molecule has 2 saturated heterocycles. The molecule has 102 valence electrons. The zero-order valence-electron chi connectivity index (χ0n) is 11.4. The van der Waals surface area contributed by atoms with Crippen molar-refractivity contribution in [2.45, 2.75) is 31.3 Å². The number of amides is 1. The summed E-state index contributed by atoms with van der Waals surface area (Å²) in [6.45, 7) is 0. The van der Waals surface area contributed by atoms with E-state index in [4.69, 9.17) is 4.74 Å². The summed E-state index contributed by atoms with van der Waals surface area (Å²) in [6.07, 6.45) is 3.34. The molecule has 1 N–H and O–H groups in total. The van der Waals surface area contributed by atoms with Crippen LogP contribution in [-0.2, 0) is 4.79 Å². The highest BCUT2D eigenvalue weighted by atomic mass is 16.5. The van der Waals surface area contributed by atoms with Crippen molar-refractivity contribution >= 4 is 11.6 Å². The van der Waals surface area contributed by atoms with Crippen LogP contribution in [0.1, 0.15) is 19.3 Å². The highest BCUT2D eigenvalue weighted by molar-refractivity contribution is 5.95. The molecule has 2 bridgehead atoms. The predicted octanol–water partition coefficient (Wildman–Crippen LogP) is 1.80. The van der Waals surface area contributed by atoms with E-state index in [1.54, 1.807) is 12.0 Å². The number of carbonyl (C=O) groups excluding carboxylic acids is 1. The van der Waals surface area contributed by atoms with E-state index in [0.717, 1.165) is 24.3 Å². The molecule has 19 heavy (non-hydrogen) atoms. The van der Waals surface area contributed by atoms with E-state index in [9.17, 15) is 4.79 Å². The number of rotatable bonds is 3. The van der Waals surface area contributed by atoms with Crippen LogP contribution in [0, 0.1) is 5.92 Å². The number of benzene rings is 1. The van der Waals surface area contributed by atoms with Crippen molar-refractivity contribution in [1.82, 2.24) is 5.32 Å². The Morgan fingerprint density at radius 2 is 2.26 bits per heavy atom. The van der Waals surface area contributed by atoms with Crippen molar-refractivity contribution in [3.05, 3.63) is 24.3 Å². The van der Waals surface area contributed by atoms with Crippen molar-refractivity contribution in [3.63, 3.8) is 0 Å². The number of fused-ring (bicyclic) bond motifs is 2. The van der Waals surface area contributed by atoms with Crippen molar-refractivity contribution in [3.8, 4) is 5.75 Å². The minimum atomic E-state index is 0.134. The highest BCUT2D eigenvalue weighted by Gasteiger charge is 2.43. The summed E-state index contributed by atoms with van der Waals surface area (Å²) in [4.78, 5) is 14.3. The molecule has 3 atom stereocenters. The van der Waals surface area contributed by atoms with Crippen LogP contribution in [0.15, 0.2) is 24.3 Å². The van der Waals surface area contributed by atoms with Gasteiger partial charge in [0.1, 0.15) is 5.75 Å². The molecule has 1 amide bonds. The molecule has 4 nitrogen and oxygen atoms in total. The molecule has 2 aliphatic heterocycles. The van der Waals surface area contributed by atoms with Gasteiger partial charge in [0.25, 0.3) is 0 Å². The van der Waals surface area contributed by atoms with E-state index in [2.05, 4.69) is 5.32 Å². The number of ether oxygens (including phenoxy) is 1. The number of methoxy groups -OCH3 is 1. The number of nitrogens with one attached hydrogen (secondary N) is 1. The second-order valence-electron chi connectivity index (χ2n) is 5.49. The van der Waals surface area contributed by atoms with E-state index in [1.165, 1.54) is 6.42 Å². The molecule has 3 unspecified atom stereocenters. The molecule has 3 rings (SSSR count). The maximum atomic E-state index is 12.6. The summed E-state index contributed by atoms with van der Waals surface area (Å²) in [5.74, 6) is 1.13. The van der Waals surface area contributed by atoms with Crippen LogP contribution in [0.4, 0.5) is 5.69 Å². The largest absolute Gasteiger partial charge is 0.497 e. The summed E-state index contributed by atoms with van der Waals surface area (Å²) >= 11 is 0. The fraction of sp³-hybridized carbons (Fsp3) is 0.533. The average Bonchev–Trinajstić information content (AvgIpc) is 3.08. The first-order valence-corrected chi connectivity index (χ1v) is 6.86. The SMILES string of the molecule is COc1cccc(N(C)C(=O)C2CC3CCC2N3)c1. The first-order chi connectivity index (χ1) is 9.19. The Morgan fingerprint density at radius 1 is 1.42 bits per heavy atom. The molecule has 2 fully saturated rings. The van der Waals surface area contributed by atoms with E-state index < -0.39 is 0 Å². The van der Waals surface area contributed by atoms with Crippen LogP contribution in [0.3, 0.4) is 0 Å². The van der Waals surface area contributed by atoms with Gasteiger partial charge in [0.2, 0.25) is 5.91 Å². The van der Waals surface area contributed by atoms with E-state index in [1.807, 2.05) is 31.3 Å². The molecule has 4 heteroatoms. The summed E-state index contributed by atoms with van der Waals surface area (Å²) < 4.78 is 5.21. The summed E-state index contributed by atoms with van der Waals surface area (Å²) in [7, 11) is 3.49. The molecule has 0 aliphatic carbocycles. The lowest BCUT2D eigenvalue weighted by atomic mass is 9.88. The zero-order chi connectivity index (χ0) is 13.4. The van der Waals surface area contributed by atoms with Crippen LogP contribution in [0.2, 0.25) is 0 Å². The minimum absolute atomic E-state index is 0.134. The Labute approximate surface area is 113 Å². The zero-order valence-corrected chi connectivity index (χ0v) is 11.4. The van der Waals surface area contributed by atoms with Crippen LogP contribution >= 0.6 is 0 Å². The van der Waals surface area contributed by atoms with Crippen LogP contribution < -0.4 is 15.0 Å². The van der Waals surface area contributed by atoms with Crippen LogP contribution in [-0.4, -0.2) is 32.1 Å². The van der Waals surface area contributed by atoms with Gasteiger partial charge in [0.05, 0.1) is 13.0 Å². The Bertz CT molecular complexity index is 489. The standard InChI is InChI=1S/C15H20N2O2/c1-17(11-4-3-5-12(9-11)19-2)15(18)13-8-10-6-7-14(13)16-10/h3-5,9-10,13-14,16H,6-8H2,1-2H3. The fourth-order valence-electron chi connectivity index (χ4n) is 3.29. The Morgan fingerprint density at radius 3 is 2.89 bits per heavy atom. The predicted molar refractivity (Wildman–Crippen MR) is 74.5 cm³/mol. The number of hydrogen-bond acceptors (Lipinski definition) is 3. The van der Waals surface area contributed by atoms with E-state index in [-0.39, 0.29) is 11.8 Å². The van der Waals surface area contributed by atoms with Gasteiger partial charge in [0, 0.05) is 30.9 Å². The molecule has 2 aliphatic rings. The normalized spacial score (nSPS) is 28.4. The van der Waals surface area contributed by atoms with Crippen LogP contribution in [0.25, 0.3) is 0 Å². The minimum Gasteiger partial charge on any atom is -0.497 e. The van der Waals surface area contributed by atoms with Gasteiger partial charge in [-0.25, -0.2) is 0 Å². The average molecular weight is 260 g/mol. The third-order valence-corrected chi connectivity index (χ3v) is 4.39.